The number of fused-ring (bicyclic) bond motifs is 1. The summed E-state index contributed by atoms with van der Waals surface area (Å²) in [6, 6.07) is 11.2. The van der Waals surface area contributed by atoms with Crippen LogP contribution in [0.3, 0.4) is 0 Å². The highest BCUT2D eigenvalue weighted by molar-refractivity contribution is 5.91. The lowest BCUT2D eigenvalue weighted by Gasteiger charge is -2.17. The number of pyridine rings is 1. The van der Waals surface area contributed by atoms with E-state index in [-0.39, 0.29) is 6.04 Å². The van der Waals surface area contributed by atoms with Crippen LogP contribution < -0.4 is 10.6 Å². The highest BCUT2D eigenvalue weighted by Gasteiger charge is 2.22. The minimum Gasteiger partial charge on any atom is -0.384 e. The smallest absolute Gasteiger partial charge is 0.160 e. The largest absolute Gasteiger partial charge is 0.384 e. The highest BCUT2D eigenvalue weighted by atomic mass is 15.3. The first-order valence-corrected chi connectivity index (χ1v) is 11.1. The first-order chi connectivity index (χ1) is 14.5. The fourth-order valence-electron chi connectivity index (χ4n) is 3.79. The van der Waals surface area contributed by atoms with E-state index in [1.54, 1.807) is 0 Å². The number of benzene rings is 1. The molecule has 2 aromatic heterocycles. The number of hydrogen-bond donors (Lipinski definition) is 2. The number of nitrogens with zero attached hydrogens (tertiary/aromatic N) is 4. The Balaban J connectivity index is 1.67. The van der Waals surface area contributed by atoms with E-state index in [4.69, 9.17) is 4.98 Å². The Bertz CT molecular complexity index is 989. The van der Waals surface area contributed by atoms with Gasteiger partial charge >= 0.3 is 0 Å². The van der Waals surface area contributed by atoms with Gasteiger partial charge in [-0.3, -0.25) is 0 Å². The number of hydrogen-bond acceptors (Lipinski definition) is 5. The second-order valence-corrected chi connectivity index (χ2v) is 8.84. The van der Waals surface area contributed by atoms with Gasteiger partial charge in [0.05, 0.1) is 17.3 Å². The summed E-state index contributed by atoms with van der Waals surface area (Å²) in [5.74, 6) is 0.813. The zero-order chi connectivity index (χ0) is 21.1. The minimum atomic E-state index is 0.272. The summed E-state index contributed by atoms with van der Waals surface area (Å²) in [6.07, 6.45) is 4.62. The van der Waals surface area contributed by atoms with Crippen molar-refractivity contribution in [1.82, 2.24) is 25.0 Å². The van der Waals surface area contributed by atoms with Crippen LogP contribution in [0.25, 0.3) is 22.3 Å². The third kappa shape index (κ3) is 4.82. The predicted molar refractivity (Wildman–Crippen MR) is 125 cm³/mol. The molecule has 0 amide bonds. The second kappa shape index (κ2) is 9.14. The molecule has 1 aromatic carbocycles. The molecule has 4 rings (SSSR count). The fourth-order valence-corrected chi connectivity index (χ4v) is 3.79. The van der Waals surface area contributed by atoms with Gasteiger partial charge in [0.2, 0.25) is 0 Å². The summed E-state index contributed by atoms with van der Waals surface area (Å²) in [6.45, 7) is 8.27. The zero-order valence-corrected chi connectivity index (χ0v) is 18.7. The van der Waals surface area contributed by atoms with Crippen molar-refractivity contribution in [3.8, 4) is 11.3 Å². The van der Waals surface area contributed by atoms with Gasteiger partial charge in [-0.2, -0.15) is 5.10 Å². The first kappa shape index (κ1) is 20.8. The van der Waals surface area contributed by atoms with Crippen LogP contribution in [0.15, 0.2) is 36.5 Å². The van der Waals surface area contributed by atoms with E-state index < -0.39 is 0 Å². The summed E-state index contributed by atoms with van der Waals surface area (Å²) < 4.78 is 2.02. The van der Waals surface area contributed by atoms with E-state index in [9.17, 15) is 0 Å². The average Bonchev–Trinajstić information content (AvgIpc) is 3.46. The van der Waals surface area contributed by atoms with Gasteiger partial charge in [-0.15, -0.1) is 0 Å². The molecule has 30 heavy (non-hydrogen) atoms. The second-order valence-electron chi connectivity index (χ2n) is 8.84. The van der Waals surface area contributed by atoms with E-state index in [1.807, 2.05) is 17.9 Å². The van der Waals surface area contributed by atoms with E-state index in [0.717, 1.165) is 60.1 Å². The lowest BCUT2D eigenvalue weighted by atomic mass is 10.1. The molecule has 160 valence electrons. The number of nitrogens with one attached hydrogen (secondary N) is 2. The Morgan fingerprint density at radius 2 is 2.07 bits per heavy atom. The average molecular weight is 407 g/mol. The van der Waals surface area contributed by atoms with Crippen LogP contribution in [-0.2, 0) is 6.54 Å². The molecular weight excluding hydrogens is 372 g/mol. The van der Waals surface area contributed by atoms with Crippen LogP contribution >= 0.6 is 0 Å². The van der Waals surface area contributed by atoms with Crippen LogP contribution in [0, 0.1) is 5.92 Å². The minimum absolute atomic E-state index is 0.272. The molecule has 0 unspecified atom stereocenters. The van der Waals surface area contributed by atoms with Gasteiger partial charge < -0.3 is 15.5 Å². The highest BCUT2D eigenvalue weighted by Crippen LogP contribution is 2.33. The number of aromatic nitrogens is 3. The standard InChI is InChI=1S/C24H34N6/c1-17(2)30-24-21(15-27-30)23(26-14-18-8-9-18)13-22(28-24)20-7-5-6-19(12-20)16-29(4)11-10-25-3/h5-7,12-13,15,17-18,25H,8-11,14,16H2,1-4H3,(H,26,28). The van der Waals surface area contributed by atoms with E-state index in [1.165, 1.54) is 18.4 Å². The SMILES string of the molecule is CNCCN(C)Cc1cccc(-c2cc(NCC3CC3)c3cnn(C(C)C)c3n2)c1. The third-order valence-corrected chi connectivity index (χ3v) is 5.75. The molecule has 2 heterocycles. The third-order valence-electron chi connectivity index (χ3n) is 5.75. The number of anilines is 1. The normalized spacial score (nSPS) is 14.2. The molecule has 1 saturated carbocycles. The summed E-state index contributed by atoms with van der Waals surface area (Å²) >= 11 is 0. The Kier molecular flexibility index (Phi) is 6.35. The Labute approximate surface area is 179 Å². The topological polar surface area (TPSA) is 58.0 Å². The van der Waals surface area contributed by atoms with E-state index in [0.29, 0.717) is 0 Å². The van der Waals surface area contributed by atoms with Crippen LogP contribution in [0.2, 0.25) is 0 Å². The van der Waals surface area contributed by atoms with Crippen molar-refractivity contribution in [2.75, 3.05) is 39.0 Å². The maximum Gasteiger partial charge on any atom is 0.160 e. The summed E-state index contributed by atoms with van der Waals surface area (Å²) in [4.78, 5) is 7.37. The van der Waals surface area contributed by atoms with Crippen molar-refractivity contribution >= 4 is 16.7 Å². The summed E-state index contributed by atoms with van der Waals surface area (Å²) in [7, 11) is 4.16. The Morgan fingerprint density at radius 1 is 1.23 bits per heavy atom. The van der Waals surface area contributed by atoms with Crippen LogP contribution in [0.1, 0.15) is 38.3 Å². The van der Waals surface area contributed by atoms with Crippen LogP contribution in [0.5, 0.6) is 0 Å². The molecule has 0 radical (unpaired) electrons. The van der Waals surface area contributed by atoms with Crippen molar-refractivity contribution in [3.05, 3.63) is 42.1 Å². The van der Waals surface area contributed by atoms with Gasteiger partial charge in [-0.25, -0.2) is 9.67 Å². The molecule has 1 aliphatic carbocycles. The van der Waals surface area contributed by atoms with Crippen molar-refractivity contribution in [2.45, 2.75) is 39.3 Å². The van der Waals surface area contributed by atoms with Gasteiger partial charge in [-0.05, 0) is 64.4 Å². The number of likely N-dealkylation sites (N-methyl/N-ethyl adjacent to an activating group) is 2. The van der Waals surface area contributed by atoms with E-state index >= 15 is 0 Å². The molecule has 6 heteroatoms. The molecule has 1 aliphatic rings. The van der Waals surface area contributed by atoms with Crippen molar-refractivity contribution in [3.63, 3.8) is 0 Å². The van der Waals surface area contributed by atoms with Crippen LogP contribution in [0.4, 0.5) is 5.69 Å². The maximum atomic E-state index is 5.04. The van der Waals surface area contributed by atoms with Crippen molar-refractivity contribution in [2.24, 2.45) is 5.92 Å². The Morgan fingerprint density at radius 3 is 2.80 bits per heavy atom. The molecule has 0 bridgehead atoms. The zero-order valence-electron chi connectivity index (χ0n) is 18.7. The first-order valence-electron chi connectivity index (χ1n) is 11.1. The molecule has 2 N–H and O–H groups in total. The van der Waals surface area contributed by atoms with Crippen molar-refractivity contribution < 1.29 is 0 Å². The van der Waals surface area contributed by atoms with Gasteiger partial charge in [0.15, 0.2) is 5.65 Å². The van der Waals surface area contributed by atoms with Crippen LogP contribution in [-0.4, -0.2) is 53.4 Å². The van der Waals surface area contributed by atoms with Gasteiger partial charge in [0, 0.05) is 43.5 Å². The summed E-state index contributed by atoms with van der Waals surface area (Å²) in [5, 5.41) is 12.6. The molecule has 6 nitrogen and oxygen atoms in total. The summed E-state index contributed by atoms with van der Waals surface area (Å²) in [5.41, 5.74) is 5.56. The maximum absolute atomic E-state index is 5.04. The molecule has 1 fully saturated rings. The lowest BCUT2D eigenvalue weighted by molar-refractivity contribution is 0.328. The van der Waals surface area contributed by atoms with Gasteiger partial charge in [0.1, 0.15) is 0 Å². The fraction of sp³-hybridized carbons (Fsp3) is 0.500. The number of rotatable bonds is 10. The quantitative estimate of drug-likeness (QED) is 0.530. The predicted octanol–water partition coefficient (Wildman–Crippen LogP) is 4.15. The van der Waals surface area contributed by atoms with Gasteiger partial charge in [-0.1, -0.05) is 18.2 Å². The molecule has 0 spiro atoms. The molecule has 3 aromatic rings. The monoisotopic (exact) mass is 406 g/mol. The molecule has 0 atom stereocenters. The molecular formula is C24H34N6. The molecule has 0 saturated heterocycles. The van der Waals surface area contributed by atoms with Crippen molar-refractivity contribution in [1.29, 1.82) is 0 Å². The van der Waals surface area contributed by atoms with Gasteiger partial charge in [0.25, 0.3) is 0 Å². The Hall–Kier alpha value is -2.44. The van der Waals surface area contributed by atoms with E-state index in [2.05, 4.69) is 71.9 Å². The lowest BCUT2D eigenvalue weighted by Crippen LogP contribution is -2.26. The molecule has 0 aliphatic heterocycles.